The Morgan fingerprint density at radius 3 is 2.33 bits per heavy atom. The van der Waals surface area contributed by atoms with Gasteiger partial charge < -0.3 is 9.84 Å². The summed E-state index contributed by atoms with van der Waals surface area (Å²) in [7, 11) is 0. The quantitative estimate of drug-likeness (QED) is 0.912. The Morgan fingerprint density at radius 1 is 1.19 bits per heavy atom. The standard InChI is InChI=1S/C17H22N2O2/c1-11(2)14-13(15(19-21-14)17(3,4)5)18-16(20)12-9-7-6-8-10-12/h6-11H,1-5H3,(H,18,20). The molecular formula is C17H22N2O2. The molecule has 0 bridgehead atoms. The zero-order valence-corrected chi connectivity index (χ0v) is 13.2. The van der Waals surface area contributed by atoms with Crippen LogP contribution in [0.5, 0.6) is 0 Å². The van der Waals surface area contributed by atoms with Crippen molar-refractivity contribution in [2.75, 3.05) is 5.32 Å². The highest BCUT2D eigenvalue weighted by Crippen LogP contribution is 2.35. The number of anilines is 1. The summed E-state index contributed by atoms with van der Waals surface area (Å²) in [5.74, 6) is 0.718. The molecule has 1 amide bonds. The molecular weight excluding hydrogens is 264 g/mol. The van der Waals surface area contributed by atoms with Crippen molar-refractivity contribution in [2.24, 2.45) is 0 Å². The van der Waals surface area contributed by atoms with E-state index in [9.17, 15) is 4.79 Å². The highest BCUT2D eigenvalue weighted by molar-refractivity contribution is 6.04. The van der Waals surface area contributed by atoms with Crippen LogP contribution in [0.3, 0.4) is 0 Å². The van der Waals surface area contributed by atoms with Gasteiger partial charge in [0, 0.05) is 16.9 Å². The number of amides is 1. The molecule has 112 valence electrons. The second-order valence-electron chi connectivity index (χ2n) is 6.50. The zero-order valence-electron chi connectivity index (χ0n) is 13.2. The zero-order chi connectivity index (χ0) is 15.6. The normalized spacial score (nSPS) is 11.7. The van der Waals surface area contributed by atoms with Gasteiger partial charge in [0.1, 0.15) is 11.4 Å². The molecule has 0 aliphatic carbocycles. The third-order valence-corrected chi connectivity index (χ3v) is 3.23. The van der Waals surface area contributed by atoms with Gasteiger partial charge in [0.2, 0.25) is 0 Å². The van der Waals surface area contributed by atoms with Gasteiger partial charge in [-0.15, -0.1) is 0 Å². The SMILES string of the molecule is CC(C)c1onc(C(C)(C)C)c1NC(=O)c1ccccc1. The number of aromatic nitrogens is 1. The van der Waals surface area contributed by atoms with E-state index in [4.69, 9.17) is 4.52 Å². The molecule has 0 unspecified atom stereocenters. The summed E-state index contributed by atoms with van der Waals surface area (Å²) in [5.41, 5.74) is 1.89. The molecule has 0 fully saturated rings. The number of nitrogens with one attached hydrogen (secondary N) is 1. The summed E-state index contributed by atoms with van der Waals surface area (Å²) in [6.07, 6.45) is 0. The molecule has 2 aromatic rings. The van der Waals surface area contributed by atoms with Gasteiger partial charge in [0.05, 0.1) is 0 Å². The van der Waals surface area contributed by atoms with E-state index in [-0.39, 0.29) is 17.2 Å². The van der Waals surface area contributed by atoms with Crippen molar-refractivity contribution in [1.29, 1.82) is 0 Å². The van der Waals surface area contributed by atoms with Crippen LogP contribution in [0.1, 0.15) is 62.3 Å². The molecule has 0 radical (unpaired) electrons. The largest absolute Gasteiger partial charge is 0.359 e. The maximum atomic E-state index is 12.4. The number of carbonyl (C=O) groups is 1. The van der Waals surface area contributed by atoms with Gasteiger partial charge in [0.25, 0.3) is 5.91 Å². The Kier molecular flexibility index (Phi) is 4.16. The highest BCUT2D eigenvalue weighted by Gasteiger charge is 2.28. The van der Waals surface area contributed by atoms with Gasteiger partial charge in [-0.2, -0.15) is 0 Å². The fraction of sp³-hybridized carbons (Fsp3) is 0.412. The highest BCUT2D eigenvalue weighted by atomic mass is 16.5. The minimum atomic E-state index is -0.198. The summed E-state index contributed by atoms with van der Waals surface area (Å²) in [4.78, 5) is 12.4. The number of rotatable bonds is 3. The van der Waals surface area contributed by atoms with Gasteiger partial charge in [-0.3, -0.25) is 4.79 Å². The third kappa shape index (κ3) is 3.32. The number of carbonyl (C=O) groups excluding carboxylic acids is 1. The second-order valence-corrected chi connectivity index (χ2v) is 6.50. The van der Waals surface area contributed by atoms with Crippen LogP contribution in [-0.4, -0.2) is 11.1 Å². The molecule has 1 aromatic carbocycles. The summed E-state index contributed by atoms with van der Waals surface area (Å²) in [6, 6.07) is 9.15. The Hall–Kier alpha value is -2.10. The van der Waals surface area contributed by atoms with E-state index in [1.165, 1.54) is 0 Å². The van der Waals surface area contributed by atoms with Crippen LogP contribution in [0.2, 0.25) is 0 Å². The molecule has 0 saturated heterocycles. The van der Waals surface area contributed by atoms with Crippen molar-refractivity contribution in [3.63, 3.8) is 0 Å². The lowest BCUT2D eigenvalue weighted by Crippen LogP contribution is -2.19. The lowest BCUT2D eigenvalue weighted by atomic mass is 9.90. The first kappa shape index (κ1) is 15.3. The molecule has 4 heteroatoms. The molecule has 0 saturated carbocycles. The van der Waals surface area contributed by atoms with Crippen LogP contribution in [-0.2, 0) is 5.41 Å². The van der Waals surface area contributed by atoms with Crippen LogP contribution in [0.25, 0.3) is 0 Å². The summed E-state index contributed by atoms with van der Waals surface area (Å²) >= 11 is 0. The lowest BCUT2D eigenvalue weighted by molar-refractivity contribution is 0.102. The van der Waals surface area contributed by atoms with Crippen molar-refractivity contribution >= 4 is 11.6 Å². The minimum Gasteiger partial charge on any atom is -0.359 e. The molecule has 0 aliphatic heterocycles. The minimum absolute atomic E-state index is 0.147. The molecule has 0 aliphatic rings. The lowest BCUT2D eigenvalue weighted by Gasteiger charge is -2.17. The maximum Gasteiger partial charge on any atom is 0.255 e. The van der Waals surface area contributed by atoms with Gasteiger partial charge in [-0.05, 0) is 12.1 Å². The fourth-order valence-electron chi connectivity index (χ4n) is 2.10. The average molecular weight is 286 g/mol. The van der Waals surface area contributed by atoms with Crippen molar-refractivity contribution in [3.8, 4) is 0 Å². The molecule has 0 spiro atoms. The predicted octanol–water partition coefficient (Wildman–Crippen LogP) is 4.35. The van der Waals surface area contributed by atoms with Crippen LogP contribution >= 0.6 is 0 Å². The third-order valence-electron chi connectivity index (χ3n) is 3.23. The number of hydrogen-bond acceptors (Lipinski definition) is 3. The van der Waals surface area contributed by atoms with Crippen LogP contribution < -0.4 is 5.32 Å². The maximum absolute atomic E-state index is 12.4. The van der Waals surface area contributed by atoms with Crippen molar-refractivity contribution in [3.05, 3.63) is 47.3 Å². The first-order valence-corrected chi connectivity index (χ1v) is 7.17. The van der Waals surface area contributed by atoms with E-state index in [1.54, 1.807) is 12.1 Å². The van der Waals surface area contributed by atoms with Crippen molar-refractivity contribution < 1.29 is 9.32 Å². The van der Waals surface area contributed by atoms with E-state index in [1.807, 2.05) is 52.8 Å². The monoisotopic (exact) mass is 286 g/mol. The van der Waals surface area contributed by atoms with Gasteiger partial charge >= 0.3 is 0 Å². The fourth-order valence-corrected chi connectivity index (χ4v) is 2.10. The number of benzene rings is 1. The molecule has 4 nitrogen and oxygen atoms in total. The molecule has 1 N–H and O–H groups in total. The summed E-state index contributed by atoms with van der Waals surface area (Å²) in [5, 5.41) is 7.13. The van der Waals surface area contributed by atoms with E-state index in [2.05, 4.69) is 10.5 Å². The molecule has 21 heavy (non-hydrogen) atoms. The Bertz CT molecular complexity index is 622. The van der Waals surface area contributed by atoms with Gasteiger partial charge in [-0.25, -0.2) is 0 Å². The molecule has 0 atom stereocenters. The first-order valence-electron chi connectivity index (χ1n) is 7.17. The van der Waals surface area contributed by atoms with Crippen LogP contribution in [0, 0.1) is 0 Å². The van der Waals surface area contributed by atoms with E-state index >= 15 is 0 Å². The van der Waals surface area contributed by atoms with Gasteiger partial charge in [0.15, 0.2) is 5.76 Å². The predicted molar refractivity (Wildman–Crippen MR) is 83.7 cm³/mol. The van der Waals surface area contributed by atoms with E-state index in [0.717, 1.165) is 5.69 Å². The summed E-state index contributed by atoms with van der Waals surface area (Å²) in [6.45, 7) is 10.2. The van der Waals surface area contributed by atoms with Gasteiger partial charge in [-0.1, -0.05) is 58.0 Å². The average Bonchev–Trinajstić information content (AvgIpc) is 2.83. The molecule has 1 aromatic heterocycles. The Labute approximate surface area is 125 Å². The van der Waals surface area contributed by atoms with E-state index < -0.39 is 0 Å². The van der Waals surface area contributed by atoms with Crippen LogP contribution in [0.15, 0.2) is 34.9 Å². The summed E-state index contributed by atoms with van der Waals surface area (Å²) < 4.78 is 5.46. The first-order chi connectivity index (χ1) is 9.80. The number of hydrogen-bond donors (Lipinski definition) is 1. The number of nitrogens with zero attached hydrogens (tertiary/aromatic N) is 1. The smallest absolute Gasteiger partial charge is 0.255 e. The van der Waals surface area contributed by atoms with E-state index in [0.29, 0.717) is 17.0 Å². The van der Waals surface area contributed by atoms with Crippen LogP contribution in [0.4, 0.5) is 5.69 Å². The Balaban J connectivity index is 2.38. The second kappa shape index (κ2) is 5.72. The van der Waals surface area contributed by atoms with Crippen molar-refractivity contribution in [1.82, 2.24) is 5.16 Å². The van der Waals surface area contributed by atoms with Crippen molar-refractivity contribution in [2.45, 2.75) is 46.0 Å². The Morgan fingerprint density at radius 2 is 1.81 bits per heavy atom. The molecule has 2 rings (SSSR count). The topological polar surface area (TPSA) is 55.1 Å². The molecule has 1 heterocycles.